The van der Waals surface area contributed by atoms with Gasteiger partial charge in [0, 0.05) is 12.6 Å². The number of halogens is 2. The van der Waals surface area contributed by atoms with Crippen molar-refractivity contribution in [2.24, 2.45) is 11.8 Å². The molecule has 1 unspecified atom stereocenters. The van der Waals surface area contributed by atoms with E-state index in [1.165, 1.54) is 0 Å². The first-order valence-electron chi connectivity index (χ1n) is 6.66. The largest absolute Gasteiger partial charge is 0.378 e. The molecule has 1 saturated carbocycles. The van der Waals surface area contributed by atoms with E-state index in [1.807, 2.05) is 25.1 Å². The fourth-order valence-electron chi connectivity index (χ4n) is 2.60. The van der Waals surface area contributed by atoms with E-state index in [0.29, 0.717) is 22.1 Å². The standard InChI is InChI=1S/C14H20Cl2N2O/c1-2-19-11-5-9(6-11)7-14(18-17)10-3-4-12(15)13(16)8-10/h3-4,8-9,11,14,18H,2,5-7,17H2,1H3. The number of ether oxygens (including phenoxy) is 1. The Labute approximate surface area is 124 Å². The molecule has 1 aliphatic rings. The maximum Gasteiger partial charge on any atom is 0.0595 e. The first kappa shape index (κ1) is 15.1. The zero-order valence-electron chi connectivity index (χ0n) is 11.0. The van der Waals surface area contributed by atoms with Crippen LogP contribution >= 0.6 is 23.2 Å². The third kappa shape index (κ3) is 3.83. The average Bonchev–Trinajstić information content (AvgIpc) is 2.36. The number of rotatable bonds is 6. The van der Waals surface area contributed by atoms with Crippen LogP contribution in [-0.2, 0) is 4.74 Å². The summed E-state index contributed by atoms with van der Waals surface area (Å²) in [5.41, 5.74) is 3.95. The van der Waals surface area contributed by atoms with Crippen molar-refractivity contribution in [2.75, 3.05) is 6.61 Å². The second kappa shape index (κ2) is 6.91. The van der Waals surface area contributed by atoms with E-state index >= 15 is 0 Å². The molecule has 1 aliphatic carbocycles. The van der Waals surface area contributed by atoms with Crippen LogP contribution in [0.2, 0.25) is 10.0 Å². The number of nitrogens with one attached hydrogen (secondary N) is 1. The van der Waals surface area contributed by atoms with Crippen LogP contribution in [0, 0.1) is 5.92 Å². The highest BCUT2D eigenvalue weighted by atomic mass is 35.5. The molecule has 5 heteroatoms. The van der Waals surface area contributed by atoms with Gasteiger partial charge in [-0.3, -0.25) is 11.3 Å². The highest BCUT2D eigenvalue weighted by Crippen LogP contribution is 2.37. The second-order valence-corrected chi connectivity index (χ2v) is 5.86. The van der Waals surface area contributed by atoms with Gasteiger partial charge in [-0.15, -0.1) is 0 Å². The molecule has 0 radical (unpaired) electrons. The summed E-state index contributed by atoms with van der Waals surface area (Å²) in [5, 5.41) is 1.14. The van der Waals surface area contributed by atoms with Gasteiger partial charge >= 0.3 is 0 Å². The predicted molar refractivity (Wildman–Crippen MR) is 79.3 cm³/mol. The van der Waals surface area contributed by atoms with Gasteiger partial charge < -0.3 is 4.74 Å². The summed E-state index contributed by atoms with van der Waals surface area (Å²) in [5.74, 6) is 6.32. The highest BCUT2D eigenvalue weighted by Gasteiger charge is 2.31. The Bertz CT molecular complexity index is 422. The number of hydrogen-bond acceptors (Lipinski definition) is 3. The Kier molecular flexibility index (Phi) is 5.48. The monoisotopic (exact) mass is 302 g/mol. The van der Waals surface area contributed by atoms with Crippen LogP contribution in [-0.4, -0.2) is 12.7 Å². The average molecular weight is 303 g/mol. The molecule has 19 heavy (non-hydrogen) atoms. The third-order valence-electron chi connectivity index (χ3n) is 3.71. The van der Waals surface area contributed by atoms with Crippen molar-refractivity contribution in [1.29, 1.82) is 0 Å². The Morgan fingerprint density at radius 3 is 2.68 bits per heavy atom. The normalized spacial score (nSPS) is 24.0. The van der Waals surface area contributed by atoms with Crippen molar-refractivity contribution in [3.8, 4) is 0 Å². The zero-order valence-corrected chi connectivity index (χ0v) is 12.5. The minimum absolute atomic E-state index is 0.113. The van der Waals surface area contributed by atoms with Crippen molar-refractivity contribution in [1.82, 2.24) is 5.43 Å². The number of hydrogen-bond donors (Lipinski definition) is 2. The van der Waals surface area contributed by atoms with Gasteiger partial charge in [-0.1, -0.05) is 29.3 Å². The van der Waals surface area contributed by atoms with E-state index in [-0.39, 0.29) is 6.04 Å². The molecule has 1 aromatic rings. The van der Waals surface area contributed by atoms with Crippen LogP contribution < -0.4 is 11.3 Å². The summed E-state index contributed by atoms with van der Waals surface area (Å²) in [6, 6.07) is 5.78. The van der Waals surface area contributed by atoms with Crippen LogP contribution in [0.5, 0.6) is 0 Å². The van der Waals surface area contributed by atoms with Gasteiger partial charge in [0.05, 0.1) is 16.1 Å². The summed E-state index contributed by atoms with van der Waals surface area (Å²) in [4.78, 5) is 0. The molecule has 0 bridgehead atoms. The molecule has 2 rings (SSSR count). The van der Waals surface area contributed by atoms with Crippen LogP contribution in [0.1, 0.15) is 37.8 Å². The van der Waals surface area contributed by atoms with Gasteiger partial charge in [-0.05, 0) is 49.8 Å². The number of nitrogens with two attached hydrogens (primary N) is 1. The van der Waals surface area contributed by atoms with E-state index in [4.69, 9.17) is 33.8 Å². The molecular weight excluding hydrogens is 283 g/mol. The summed E-state index contributed by atoms with van der Waals surface area (Å²) in [6.45, 7) is 2.83. The SMILES string of the molecule is CCOC1CC(CC(NN)c2ccc(Cl)c(Cl)c2)C1. The van der Waals surface area contributed by atoms with E-state index in [2.05, 4.69) is 5.43 Å². The molecular formula is C14H20Cl2N2O. The molecule has 0 aliphatic heterocycles. The number of hydrazine groups is 1. The molecule has 3 N–H and O–H groups in total. The molecule has 1 atom stereocenters. The van der Waals surface area contributed by atoms with Crippen molar-refractivity contribution < 1.29 is 4.74 Å². The minimum atomic E-state index is 0.113. The van der Waals surface area contributed by atoms with Gasteiger partial charge in [0.25, 0.3) is 0 Å². The highest BCUT2D eigenvalue weighted by molar-refractivity contribution is 6.42. The Hall–Kier alpha value is -0.320. The quantitative estimate of drug-likeness (QED) is 0.622. The molecule has 0 spiro atoms. The lowest BCUT2D eigenvalue weighted by molar-refractivity contribution is -0.0291. The Morgan fingerprint density at radius 2 is 2.11 bits per heavy atom. The second-order valence-electron chi connectivity index (χ2n) is 5.04. The summed E-state index contributed by atoms with van der Waals surface area (Å²) < 4.78 is 5.57. The van der Waals surface area contributed by atoms with E-state index < -0.39 is 0 Å². The molecule has 3 nitrogen and oxygen atoms in total. The first-order chi connectivity index (χ1) is 9.13. The zero-order chi connectivity index (χ0) is 13.8. The minimum Gasteiger partial charge on any atom is -0.378 e. The topological polar surface area (TPSA) is 47.3 Å². The van der Waals surface area contributed by atoms with Gasteiger partial charge in [-0.2, -0.15) is 0 Å². The molecule has 0 amide bonds. The molecule has 106 valence electrons. The van der Waals surface area contributed by atoms with Gasteiger partial charge in [-0.25, -0.2) is 0 Å². The lowest BCUT2D eigenvalue weighted by Crippen LogP contribution is -2.36. The van der Waals surface area contributed by atoms with Crippen molar-refractivity contribution in [3.63, 3.8) is 0 Å². The maximum atomic E-state index is 6.04. The Morgan fingerprint density at radius 1 is 1.37 bits per heavy atom. The predicted octanol–water partition coefficient (Wildman–Crippen LogP) is 3.70. The molecule has 0 heterocycles. The van der Waals surface area contributed by atoms with Gasteiger partial charge in [0.2, 0.25) is 0 Å². The summed E-state index contributed by atoms with van der Waals surface area (Å²) >= 11 is 12.0. The van der Waals surface area contributed by atoms with Crippen molar-refractivity contribution >= 4 is 23.2 Å². The van der Waals surface area contributed by atoms with Crippen LogP contribution in [0.25, 0.3) is 0 Å². The summed E-state index contributed by atoms with van der Waals surface area (Å²) in [7, 11) is 0. The van der Waals surface area contributed by atoms with E-state index in [0.717, 1.165) is 31.4 Å². The molecule has 1 fully saturated rings. The lowest BCUT2D eigenvalue weighted by Gasteiger charge is -2.37. The maximum absolute atomic E-state index is 6.04. The molecule has 1 aromatic carbocycles. The van der Waals surface area contributed by atoms with Gasteiger partial charge in [0.15, 0.2) is 0 Å². The third-order valence-corrected chi connectivity index (χ3v) is 4.45. The van der Waals surface area contributed by atoms with Crippen LogP contribution in [0.4, 0.5) is 0 Å². The van der Waals surface area contributed by atoms with Crippen LogP contribution in [0.15, 0.2) is 18.2 Å². The van der Waals surface area contributed by atoms with Crippen molar-refractivity contribution in [3.05, 3.63) is 33.8 Å². The Balaban J connectivity index is 1.92. The fraction of sp³-hybridized carbons (Fsp3) is 0.571. The molecule has 0 saturated heterocycles. The first-order valence-corrected chi connectivity index (χ1v) is 7.42. The van der Waals surface area contributed by atoms with Crippen LogP contribution in [0.3, 0.4) is 0 Å². The van der Waals surface area contributed by atoms with E-state index in [9.17, 15) is 0 Å². The number of benzene rings is 1. The smallest absolute Gasteiger partial charge is 0.0595 e. The van der Waals surface area contributed by atoms with Gasteiger partial charge in [0.1, 0.15) is 0 Å². The molecule has 0 aromatic heterocycles. The summed E-state index contributed by atoms with van der Waals surface area (Å²) in [6.07, 6.45) is 3.67. The van der Waals surface area contributed by atoms with Crippen molar-refractivity contribution in [2.45, 2.75) is 38.3 Å². The van der Waals surface area contributed by atoms with E-state index in [1.54, 1.807) is 0 Å². The fourth-order valence-corrected chi connectivity index (χ4v) is 2.91. The lowest BCUT2D eigenvalue weighted by atomic mass is 9.77.